The minimum Gasteiger partial charge on any atom is -0.279 e. The molecule has 0 N–H and O–H groups in total. The summed E-state index contributed by atoms with van der Waals surface area (Å²) < 4.78 is 54.4. The zero-order chi connectivity index (χ0) is 22.5. The molecule has 0 saturated carbocycles. The average molecular weight is 450 g/mol. The van der Waals surface area contributed by atoms with Crippen molar-refractivity contribution in [3.63, 3.8) is 0 Å². The van der Waals surface area contributed by atoms with Gasteiger partial charge in [0.25, 0.3) is 0 Å². The van der Waals surface area contributed by atoms with Crippen LogP contribution in [0.3, 0.4) is 0 Å². The Morgan fingerprint density at radius 3 is 0.931 bits per heavy atom. The van der Waals surface area contributed by atoms with Crippen molar-refractivity contribution in [2.45, 2.75) is 77.8 Å². The molecule has 0 amide bonds. The summed E-state index contributed by atoms with van der Waals surface area (Å²) >= 11 is 0. The van der Waals surface area contributed by atoms with Gasteiger partial charge in [-0.05, 0) is 25.7 Å². The van der Waals surface area contributed by atoms with Gasteiger partial charge in [0.2, 0.25) is 0 Å². The molecule has 0 saturated heterocycles. The fourth-order valence-corrected chi connectivity index (χ4v) is 6.01. The van der Waals surface area contributed by atoms with Crippen LogP contribution in [0.4, 0.5) is 0 Å². The maximum atomic E-state index is 13.5. The van der Waals surface area contributed by atoms with Crippen molar-refractivity contribution in [3.8, 4) is 0 Å². The largest absolute Gasteiger partial charge is 0.484 e. The highest BCUT2D eigenvalue weighted by atomic mass is 31.3. The predicted octanol–water partition coefficient (Wildman–Crippen LogP) is 7.14. The van der Waals surface area contributed by atoms with Gasteiger partial charge in [-0.25, -0.2) is 9.13 Å². The van der Waals surface area contributed by atoms with Crippen molar-refractivity contribution in [2.75, 3.05) is 0 Å². The third-order valence-electron chi connectivity index (χ3n) is 3.92. The zero-order valence-electron chi connectivity index (χ0n) is 18.0. The van der Waals surface area contributed by atoms with Crippen LogP contribution in [0.25, 0.3) is 0 Å². The molecule has 0 heterocycles. The topological polar surface area (TPSA) is 80.3 Å². The first-order valence-corrected chi connectivity index (χ1v) is 12.8. The Kier molecular flexibility index (Phi) is 13.9. The quantitative estimate of drug-likeness (QED) is 0.162. The van der Waals surface area contributed by atoms with Crippen LogP contribution in [-0.2, 0) is 31.5 Å². The third kappa shape index (κ3) is 10.2. The maximum absolute atomic E-state index is 13.5. The van der Waals surface area contributed by atoms with E-state index in [9.17, 15) is 9.13 Å². The molecule has 0 spiro atoms. The summed E-state index contributed by atoms with van der Waals surface area (Å²) in [7, 11) is -8.80. The molecule has 29 heavy (non-hydrogen) atoms. The average Bonchev–Trinajstić information content (AvgIpc) is 2.72. The zero-order valence-corrected chi connectivity index (χ0v) is 19.8. The molecule has 0 aromatic heterocycles. The molecule has 4 unspecified atom stereocenters. The van der Waals surface area contributed by atoms with Gasteiger partial charge in [-0.15, -0.1) is 26.3 Å². The Morgan fingerprint density at radius 1 is 0.586 bits per heavy atom. The van der Waals surface area contributed by atoms with Crippen LogP contribution >= 0.6 is 15.6 Å². The van der Waals surface area contributed by atoms with Gasteiger partial charge in [0.1, 0.15) is 0 Å². The van der Waals surface area contributed by atoms with Gasteiger partial charge < -0.3 is 0 Å². The van der Waals surface area contributed by atoms with Gasteiger partial charge >= 0.3 is 15.6 Å². The van der Waals surface area contributed by atoms with Crippen LogP contribution in [0.15, 0.2) is 50.6 Å². The Bertz CT molecular complexity index is 524. The molecular weight excluding hydrogens is 414 g/mol. The van der Waals surface area contributed by atoms with Crippen LogP contribution < -0.4 is 0 Å². The predicted molar refractivity (Wildman–Crippen MR) is 118 cm³/mol. The summed E-state index contributed by atoms with van der Waals surface area (Å²) in [6, 6.07) is 0. The number of hydrogen-bond donors (Lipinski definition) is 0. The summed E-state index contributed by atoms with van der Waals surface area (Å²) in [5, 5.41) is 0. The van der Waals surface area contributed by atoms with Gasteiger partial charge in [-0.2, -0.15) is 4.31 Å². The highest BCUT2D eigenvalue weighted by molar-refractivity contribution is 7.62. The van der Waals surface area contributed by atoms with Gasteiger partial charge in [0, 0.05) is 0 Å². The lowest BCUT2D eigenvalue weighted by atomic mass is 10.3. The second-order valence-electron chi connectivity index (χ2n) is 6.13. The van der Waals surface area contributed by atoms with Gasteiger partial charge in [0.15, 0.2) is 0 Å². The monoisotopic (exact) mass is 450 g/mol. The second-order valence-corrected chi connectivity index (χ2v) is 9.41. The van der Waals surface area contributed by atoms with E-state index in [1.807, 2.05) is 27.7 Å². The van der Waals surface area contributed by atoms with Crippen LogP contribution in [-0.4, -0.2) is 24.4 Å². The van der Waals surface area contributed by atoms with Crippen LogP contribution in [0.2, 0.25) is 0 Å². The maximum Gasteiger partial charge on any atom is 0.484 e. The molecule has 0 radical (unpaired) electrons. The van der Waals surface area contributed by atoms with Gasteiger partial charge in [-0.1, -0.05) is 52.0 Å². The first-order valence-electron chi connectivity index (χ1n) is 9.83. The molecule has 4 atom stereocenters. The fraction of sp³-hybridized carbons (Fsp3) is 0.600. The number of hydrogen-bond acceptors (Lipinski definition) is 7. The molecule has 7 nitrogen and oxygen atoms in total. The third-order valence-corrected chi connectivity index (χ3v) is 7.63. The number of phosphoric acid groups is 2. The van der Waals surface area contributed by atoms with E-state index in [0.717, 1.165) is 0 Å². The Balaban J connectivity index is 6.02. The lowest BCUT2D eigenvalue weighted by molar-refractivity contribution is 0.0659. The molecule has 0 rings (SSSR count). The Labute approximate surface area is 176 Å². The van der Waals surface area contributed by atoms with Crippen LogP contribution in [0.1, 0.15) is 53.4 Å². The van der Waals surface area contributed by atoms with E-state index in [-0.39, 0.29) is 0 Å². The Hall–Kier alpha value is -0.780. The van der Waals surface area contributed by atoms with E-state index in [0.29, 0.717) is 25.7 Å². The highest BCUT2D eigenvalue weighted by Gasteiger charge is 2.45. The fourth-order valence-electron chi connectivity index (χ4n) is 2.05. The Morgan fingerprint density at radius 2 is 0.793 bits per heavy atom. The molecule has 0 aliphatic rings. The van der Waals surface area contributed by atoms with Gasteiger partial charge in [-0.3, -0.25) is 18.1 Å². The highest BCUT2D eigenvalue weighted by Crippen LogP contribution is 2.68. The molecule has 9 heteroatoms. The van der Waals surface area contributed by atoms with Crippen molar-refractivity contribution < 1.29 is 31.5 Å². The van der Waals surface area contributed by atoms with E-state index in [4.69, 9.17) is 22.4 Å². The van der Waals surface area contributed by atoms with Crippen molar-refractivity contribution >= 4 is 15.6 Å². The summed E-state index contributed by atoms with van der Waals surface area (Å²) in [4.78, 5) is 0. The lowest BCUT2D eigenvalue weighted by Gasteiger charge is -2.29. The summed E-state index contributed by atoms with van der Waals surface area (Å²) in [5.74, 6) is 0. The number of rotatable bonds is 18. The normalized spacial score (nSPS) is 19.7. The first kappa shape index (κ1) is 28.2. The molecule has 0 aliphatic heterocycles. The van der Waals surface area contributed by atoms with E-state index >= 15 is 0 Å². The van der Waals surface area contributed by atoms with E-state index < -0.39 is 40.1 Å². The SMILES string of the molecule is C=CC(CC)OP(=O)(OC(C=C)CC)OP(=O)(OC(C=C)CC)OC(C=C)CC. The summed E-state index contributed by atoms with van der Waals surface area (Å²) in [6.07, 6.45) is 5.01. The van der Waals surface area contributed by atoms with Crippen molar-refractivity contribution in [2.24, 2.45) is 0 Å². The smallest absolute Gasteiger partial charge is 0.279 e. The molecule has 0 fully saturated rings. The lowest BCUT2D eigenvalue weighted by Crippen LogP contribution is -2.18. The summed E-state index contributed by atoms with van der Waals surface area (Å²) in [5.41, 5.74) is 0. The van der Waals surface area contributed by atoms with E-state index in [1.165, 1.54) is 24.3 Å². The van der Waals surface area contributed by atoms with Crippen molar-refractivity contribution in [1.29, 1.82) is 0 Å². The molecule has 0 aromatic carbocycles. The molecule has 0 aromatic rings. The van der Waals surface area contributed by atoms with E-state index in [2.05, 4.69) is 26.3 Å². The molecular formula is C20H36O7P2. The molecule has 168 valence electrons. The standard InChI is InChI=1S/C20H36O7P2/c1-9-17(10-2)23-28(21,24-18(11-3)12-4)27-29(22,25-19(13-5)14-6)26-20(15-7)16-8/h9,11,13,15,17-20H,1,3,5,7,10,12,14,16H2,2,4,6,8H3. The van der Waals surface area contributed by atoms with Crippen molar-refractivity contribution in [3.05, 3.63) is 50.6 Å². The summed E-state index contributed by atoms with van der Waals surface area (Å²) in [6.45, 7) is 21.8. The first-order chi connectivity index (χ1) is 13.7. The van der Waals surface area contributed by atoms with Crippen LogP contribution in [0, 0.1) is 0 Å². The van der Waals surface area contributed by atoms with E-state index in [1.54, 1.807) is 0 Å². The number of phosphoric ester groups is 2. The van der Waals surface area contributed by atoms with Gasteiger partial charge in [0.05, 0.1) is 24.4 Å². The second kappa shape index (κ2) is 14.3. The van der Waals surface area contributed by atoms with Crippen LogP contribution in [0.5, 0.6) is 0 Å². The molecule has 0 bridgehead atoms. The molecule has 0 aliphatic carbocycles. The minimum atomic E-state index is -4.40. The minimum absolute atomic E-state index is 0.450. The van der Waals surface area contributed by atoms with Crippen molar-refractivity contribution in [1.82, 2.24) is 0 Å².